The molecule has 0 bridgehead atoms. The van der Waals surface area contributed by atoms with Gasteiger partial charge in [0.1, 0.15) is 0 Å². The van der Waals surface area contributed by atoms with E-state index in [-0.39, 0.29) is 79.9 Å². The van der Waals surface area contributed by atoms with Gasteiger partial charge in [-0.1, -0.05) is 125 Å². The van der Waals surface area contributed by atoms with Crippen molar-refractivity contribution in [3.63, 3.8) is 0 Å². The summed E-state index contributed by atoms with van der Waals surface area (Å²) in [6.45, 7) is 10.6. The Balaban J connectivity index is -0.000000268. The first-order chi connectivity index (χ1) is 20.0. The summed E-state index contributed by atoms with van der Waals surface area (Å²) in [5.74, 6) is -2.27. The quantitative estimate of drug-likeness (QED) is 0.0569. The summed E-state index contributed by atoms with van der Waals surface area (Å²) in [5, 5.41) is 6.47. The van der Waals surface area contributed by atoms with Crippen LogP contribution in [0.25, 0.3) is 0 Å². The van der Waals surface area contributed by atoms with E-state index in [0.29, 0.717) is 6.42 Å². The Bertz CT molecular complexity index is 804. The summed E-state index contributed by atoms with van der Waals surface area (Å²) in [6, 6.07) is 0. The fourth-order valence-corrected chi connectivity index (χ4v) is 5.07. The second-order valence-corrected chi connectivity index (χ2v) is 12.9. The summed E-state index contributed by atoms with van der Waals surface area (Å²) < 4.78 is 42.8. The van der Waals surface area contributed by atoms with E-state index in [0.717, 1.165) is 64.2 Å². The third-order valence-electron chi connectivity index (χ3n) is 7.50. The molecule has 2 N–H and O–H groups in total. The summed E-state index contributed by atoms with van der Waals surface area (Å²) in [6.07, 6.45) is 18.2. The van der Waals surface area contributed by atoms with Gasteiger partial charge in [0.2, 0.25) is 0 Å². The van der Waals surface area contributed by atoms with Crippen LogP contribution in [0.5, 0.6) is 0 Å². The molecule has 2 radical (unpaired) electrons. The van der Waals surface area contributed by atoms with Gasteiger partial charge in [0, 0.05) is 6.42 Å². The Morgan fingerprint density at radius 3 is 1.48 bits per heavy atom. The average molecular weight is 768 g/mol. The number of carbonyl (C=O) groups is 3. The van der Waals surface area contributed by atoms with Gasteiger partial charge < -0.3 is 16.0 Å². The van der Waals surface area contributed by atoms with Gasteiger partial charge in [-0.05, 0) is 31.1 Å². The predicted molar refractivity (Wildman–Crippen MR) is 178 cm³/mol. The van der Waals surface area contributed by atoms with E-state index in [9.17, 15) is 27.4 Å². The van der Waals surface area contributed by atoms with E-state index in [1.165, 1.54) is 44.9 Å². The van der Waals surface area contributed by atoms with Crippen LogP contribution >= 0.6 is 0 Å². The predicted octanol–water partition coefficient (Wildman–Crippen LogP) is 4.34. The van der Waals surface area contributed by atoms with E-state index in [2.05, 4.69) is 20.8 Å². The van der Waals surface area contributed by atoms with Crippen LogP contribution in [0.3, 0.4) is 0 Å². The van der Waals surface area contributed by atoms with Crippen LogP contribution < -0.4 is 29.6 Å². The number of hydrogen-bond acceptors (Lipinski definition) is 7. The molecule has 0 heterocycles. The van der Waals surface area contributed by atoms with Crippen molar-refractivity contribution in [2.45, 2.75) is 162 Å². The molecule has 3 atom stereocenters. The molecule has 0 rings (SSSR count). The summed E-state index contributed by atoms with van der Waals surface area (Å²) in [4.78, 5) is 34.4. The molecule has 3 unspecified atom stereocenters. The van der Waals surface area contributed by atoms with E-state index < -0.39 is 39.7 Å². The minimum absolute atomic E-state index is 0. The molecule has 9 nitrogen and oxygen atoms in total. The third kappa shape index (κ3) is 32.1. The third-order valence-corrected chi connectivity index (χ3v) is 8.57. The van der Waals surface area contributed by atoms with Crippen LogP contribution in [0.2, 0.25) is 0 Å². The Morgan fingerprint density at radius 1 is 0.682 bits per heavy atom. The number of carboxylic acid groups (broad SMARTS) is 1. The van der Waals surface area contributed by atoms with Gasteiger partial charge in [-0.2, -0.15) is 8.42 Å². The van der Waals surface area contributed by atoms with Crippen molar-refractivity contribution in [2.24, 2.45) is 11.8 Å². The maximum atomic E-state index is 12.2. The van der Waals surface area contributed by atoms with E-state index in [1.807, 2.05) is 13.8 Å². The Kier molecular flexibility index (Phi) is 39.9. The summed E-state index contributed by atoms with van der Waals surface area (Å²) in [5.41, 5.74) is 0. The molecule has 0 aliphatic heterocycles. The number of esters is 2. The van der Waals surface area contributed by atoms with Crippen molar-refractivity contribution in [3.05, 3.63) is 0 Å². The number of aliphatic carboxylic acids is 1. The Morgan fingerprint density at radius 2 is 1.09 bits per heavy atom. The number of hydrogen-bond donors (Lipinski definition) is 2. The molecular formula is C32H65NaO9SSn. The van der Waals surface area contributed by atoms with Gasteiger partial charge in [-0.3, -0.25) is 18.9 Å². The van der Waals surface area contributed by atoms with Gasteiger partial charge >= 0.3 is 71.4 Å². The van der Waals surface area contributed by atoms with Crippen LogP contribution in [-0.4, -0.2) is 78.4 Å². The normalized spacial score (nSPS) is 12.8. The van der Waals surface area contributed by atoms with Crippen LogP contribution in [0.4, 0.5) is 0 Å². The second kappa shape index (κ2) is 34.5. The minimum atomic E-state index is -4.76. The molecule has 44 heavy (non-hydrogen) atoms. The number of carbonyl (C=O) groups excluding carboxylic acids is 2. The van der Waals surface area contributed by atoms with Crippen molar-refractivity contribution in [1.82, 2.24) is 0 Å². The molecule has 0 fully saturated rings. The SMILES string of the molecule is CCCCC(CC)COC(=O)CC(C(=O)OCC(CC)CCCC)S(=O)(=O)O.CCCCCCCCCCCC(=O)O.[H-].[Na+].[SnH2]. The molecular weight excluding hydrogens is 702 g/mol. The Hall–Kier alpha value is 0.119. The van der Waals surface area contributed by atoms with Gasteiger partial charge in [0.25, 0.3) is 10.1 Å². The van der Waals surface area contributed by atoms with Crippen LogP contribution in [0.1, 0.15) is 158 Å². The second-order valence-electron chi connectivity index (χ2n) is 11.3. The Labute approximate surface area is 309 Å². The van der Waals surface area contributed by atoms with Crippen molar-refractivity contribution in [2.75, 3.05) is 13.2 Å². The molecule has 0 spiro atoms. The van der Waals surface area contributed by atoms with Gasteiger partial charge in [0.05, 0.1) is 19.6 Å². The van der Waals surface area contributed by atoms with Crippen LogP contribution in [0.15, 0.2) is 0 Å². The van der Waals surface area contributed by atoms with Crippen molar-refractivity contribution in [1.29, 1.82) is 0 Å². The van der Waals surface area contributed by atoms with Gasteiger partial charge in [-0.25, -0.2) is 0 Å². The number of carboxylic acids is 1. The molecule has 12 heteroatoms. The number of rotatable bonds is 26. The molecule has 0 aromatic heterocycles. The van der Waals surface area contributed by atoms with Crippen molar-refractivity contribution in [3.8, 4) is 0 Å². The van der Waals surface area contributed by atoms with E-state index in [4.69, 9.17) is 14.6 Å². The first-order valence-electron chi connectivity index (χ1n) is 16.5. The summed E-state index contributed by atoms with van der Waals surface area (Å²) in [7, 11) is -4.76. The van der Waals surface area contributed by atoms with E-state index >= 15 is 0 Å². The fourth-order valence-electron chi connectivity index (χ4n) is 4.41. The van der Waals surface area contributed by atoms with E-state index in [1.54, 1.807) is 0 Å². The van der Waals surface area contributed by atoms with Gasteiger partial charge in [0.15, 0.2) is 5.25 Å². The topological polar surface area (TPSA) is 144 Å². The van der Waals surface area contributed by atoms with Crippen LogP contribution in [0, 0.1) is 11.8 Å². The zero-order valence-corrected chi connectivity index (χ0v) is 35.8. The average Bonchev–Trinajstić information content (AvgIpc) is 2.94. The monoisotopic (exact) mass is 768 g/mol. The molecule has 0 saturated carbocycles. The zero-order chi connectivity index (χ0) is 32.2. The number of ether oxygens (including phenoxy) is 2. The molecule has 0 amide bonds. The first-order valence-corrected chi connectivity index (χ1v) is 18.0. The number of unbranched alkanes of at least 4 members (excludes halogenated alkanes) is 10. The molecule has 0 aromatic rings. The van der Waals surface area contributed by atoms with Crippen molar-refractivity contribution >= 4 is 51.9 Å². The standard InChI is InChI=1S/C20H38O7S.C12H24O2.Na.Sn.3H/c1-5-9-11-16(7-3)14-26-19(21)13-18(28(23,24)25)20(22)27-15-17(8-4)12-10-6-2;1-2-3-4-5-6-7-8-9-10-11-12(13)14;;;;;/h16-18H,5-15H2,1-4H3,(H,23,24,25);2-11H2,1H3,(H,13,14);;;;;/q;;+1;;;;-1. The van der Waals surface area contributed by atoms with Crippen molar-refractivity contribution < 1.29 is 72.9 Å². The maximum absolute atomic E-state index is 12.2. The zero-order valence-electron chi connectivity index (χ0n) is 29.9. The molecule has 258 valence electrons. The van der Waals surface area contributed by atoms with Crippen LogP contribution in [-0.2, 0) is 34.0 Å². The molecule has 0 aromatic carbocycles. The molecule has 0 saturated heterocycles. The molecule has 0 aliphatic carbocycles. The van der Waals surface area contributed by atoms with Gasteiger partial charge in [-0.15, -0.1) is 0 Å². The first kappa shape index (κ1) is 51.0. The molecule has 0 aliphatic rings. The summed E-state index contributed by atoms with van der Waals surface area (Å²) >= 11 is 0. The fraction of sp³-hybridized carbons (Fsp3) is 0.906.